The lowest BCUT2D eigenvalue weighted by Crippen LogP contribution is -2.54. The van der Waals surface area contributed by atoms with Crippen molar-refractivity contribution in [3.8, 4) is 0 Å². The van der Waals surface area contributed by atoms with Crippen LogP contribution in [0.2, 0.25) is 0 Å². The number of aromatic amines is 1. The lowest BCUT2D eigenvalue weighted by Gasteiger charge is -2.54. The van der Waals surface area contributed by atoms with Gasteiger partial charge in [0.05, 0.1) is 12.0 Å². The van der Waals surface area contributed by atoms with Crippen molar-refractivity contribution >= 4 is 0 Å². The lowest BCUT2D eigenvalue weighted by molar-refractivity contribution is -0.707. The van der Waals surface area contributed by atoms with Gasteiger partial charge in [-0.05, 0) is 62.7 Å². The van der Waals surface area contributed by atoms with E-state index in [0.717, 1.165) is 17.8 Å². The maximum absolute atomic E-state index is 3.63. The molecule has 4 aliphatic rings. The minimum atomic E-state index is 0.520. The van der Waals surface area contributed by atoms with E-state index < -0.39 is 0 Å². The average molecular weight is 259 g/mol. The third kappa shape index (κ3) is 1.86. The SMILES string of the molecule is CCCC[n+]1cc[nH]c1C12CC3CC(CC(C3)C1)C2. The first kappa shape index (κ1) is 12.0. The van der Waals surface area contributed by atoms with E-state index in [1.807, 2.05) is 0 Å². The molecule has 0 atom stereocenters. The van der Waals surface area contributed by atoms with Crippen LogP contribution in [0.3, 0.4) is 0 Å². The second-order valence-electron chi connectivity index (χ2n) is 7.55. The van der Waals surface area contributed by atoms with Crippen LogP contribution in [-0.4, -0.2) is 4.98 Å². The summed E-state index contributed by atoms with van der Waals surface area (Å²) in [5.74, 6) is 4.68. The van der Waals surface area contributed by atoms with Gasteiger partial charge in [-0.3, -0.25) is 0 Å². The van der Waals surface area contributed by atoms with Crippen molar-refractivity contribution in [2.24, 2.45) is 17.8 Å². The highest BCUT2D eigenvalue weighted by Gasteiger charge is 2.55. The summed E-state index contributed by atoms with van der Waals surface area (Å²) >= 11 is 0. The summed E-state index contributed by atoms with van der Waals surface area (Å²) in [7, 11) is 0. The van der Waals surface area contributed by atoms with Gasteiger partial charge in [-0.2, -0.15) is 0 Å². The number of H-pyrrole nitrogens is 1. The molecular weight excluding hydrogens is 232 g/mol. The van der Waals surface area contributed by atoms with E-state index in [1.54, 1.807) is 5.82 Å². The van der Waals surface area contributed by atoms with Gasteiger partial charge in [0.15, 0.2) is 0 Å². The van der Waals surface area contributed by atoms with Crippen LogP contribution in [0.15, 0.2) is 12.4 Å². The average Bonchev–Trinajstić information content (AvgIpc) is 2.83. The Morgan fingerprint density at radius 2 is 1.79 bits per heavy atom. The molecule has 4 saturated carbocycles. The fourth-order valence-electron chi connectivity index (χ4n) is 5.74. The number of hydrogen-bond donors (Lipinski definition) is 1. The van der Waals surface area contributed by atoms with Crippen molar-refractivity contribution in [2.75, 3.05) is 0 Å². The lowest BCUT2D eigenvalue weighted by atomic mass is 9.49. The van der Waals surface area contributed by atoms with Crippen molar-refractivity contribution in [3.63, 3.8) is 0 Å². The first-order valence-electron chi connectivity index (χ1n) is 8.36. The quantitative estimate of drug-likeness (QED) is 0.798. The highest BCUT2D eigenvalue weighted by atomic mass is 15.1. The Balaban J connectivity index is 1.66. The zero-order valence-electron chi connectivity index (χ0n) is 12.2. The molecule has 0 amide bonds. The fraction of sp³-hybridized carbons (Fsp3) is 0.824. The maximum Gasteiger partial charge on any atom is 0.260 e. The van der Waals surface area contributed by atoms with E-state index in [4.69, 9.17) is 0 Å². The summed E-state index contributed by atoms with van der Waals surface area (Å²) in [6, 6.07) is 0. The molecule has 1 N–H and O–H groups in total. The van der Waals surface area contributed by atoms with Crippen molar-refractivity contribution in [2.45, 2.75) is 70.3 Å². The molecule has 2 nitrogen and oxygen atoms in total. The molecule has 1 aromatic heterocycles. The van der Waals surface area contributed by atoms with Crippen LogP contribution in [0.4, 0.5) is 0 Å². The molecule has 0 unspecified atom stereocenters. The van der Waals surface area contributed by atoms with Gasteiger partial charge in [-0.1, -0.05) is 13.3 Å². The predicted octanol–water partition coefficient (Wildman–Crippen LogP) is 3.57. The first-order valence-corrected chi connectivity index (χ1v) is 8.36. The van der Waals surface area contributed by atoms with E-state index in [1.165, 1.54) is 57.9 Å². The molecule has 2 heteroatoms. The number of nitrogens with one attached hydrogen (secondary N) is 1. The zero-order valence-corrected chi connectivity index (χ0v) is 12.2. The second-order valence-corrected chi connectivity index (χ2v) is 7.55. The molecule has 0 aliphatic heterocycles. The largest absolute Gasteiger partial charge is 0.260 e. The maximum atomic E-state index is 3.63. The third-order valence-electron chi connectivity index (χ3n) is 6.05. The number of aromatic nitrogens is 2. The molecule has 104 valence electrons. The standard InChI is InChI=1S/C17H26N2/c1-2-3-5-19-6-4-18-16(19)17-10-13-7-14(11-17)9-15(8-13)12-17/h4,6,13-15H,2-3,5,7-12H2,1H3/p+1. The zero-order chi connectivity index (χ0) is 12.9. The summed E-state index contributed by atoms with van der Waals surface area (Å²) in [4.78, 5) is 3.63. The molecule has 1 heterocycles. The van der Waals surface area contributed by atoms with Crippen molar-refractivity contribution < 1.29 is 4.57 Å². The van der Waals surface area contributed by atoms with Crippen LogP contribution >= 0.6 is 0 Å². The highest BCUT2D eigenvalue weighted by molar-refractivity contribution is 5.14. The smallest absolute Gasteiger partial charge is 0.247 e. The summed E-state index contributed by atoms with van der Waals surface area (Å²) in [6.45, 7) is 3.49. The van der Waals surface area contributed by atoms with E-state index in [2.05, 4.69) is 28.9 Å². The first-order chi connectivity index (χ1) is 9.29. The van der Waals surface area contributed by atoms with Gasteiger partial charge in [0.25, 0.3) is 5.82 Å². The van der Waals surface area contributed by atoms with Crippen LogP contribution in [0.5, 0.6) is 0 Å². The molecule has 4 fully saturated rings. The molecule has 19 heavy (non-hydrogen) atoms. The van der Waals surface area contributed by atoms with E-state index >= 15 is 0 Å². The summed E-state index contributed by atoms with van der Waals surface area (Å²) < 4.78 is 2.54. The normalized spacial score (nSPS) is 39.9. The predicted molar refractivity (Wildman–Crippen MR) is 75.7 cm³/mol. The molecule has 1 aromatic rings. The Kier molecular flexibility index (Phi) is 2.75. The Morgan fingerprint density at radius 3 is 2.37 bits per heavy atom. The van der Waals surface area contributed by atoms with Gasteiger partial charge in [0.1, 0.15) is 12.4 Å². The Labute approximate surface area is 116 Å². The fourth-order valence-corrected chi connectivity index (χ4v) is 5.74. The van der Waals surface area contributed by atoms with Gasteiger partial charge in [-0.25, -0.2) is 9.55 Å². The van der Waals surface area contributed by atoms with Crippen LogP contribution in [0.1, 0.15) is 64.1 Å². The monoisotopic (exact) mass is 259 g/mol. The molecule has 0 spiro atoms. The van der Waals surface area contributed by atoms with E-state index in [9.17, 15) is 0 Å². The van der Waals surface area contributed by atoms with Gasteiger partial charge < -0.3 is 0 Å². The van der Waals surface area contributed by atoms with Crippen molar-refractivity contribution in [1.29, 1.82) is 0 Å². The molecule has 4 aliphatic carbocycles. The van der Waals surface area contributed by atoms with Crippen LogP contribution in [0.25, 0.3) is 0 Å². The Bertz CT molecular complexity index is 424. The molecule has 4 bridgehead atoms. The second kappa shape index (κ2) is 4.36. The number of unbranched alkanes of at least 4 members (excludes halogenated alkanes) is 1. The summed E-state index contributed by atoms with van der Waals surface area (Å²) in [5, 5.41) is 0. The van der Waals surface area contributed by atoms with Crippen LogP contribution < -0.4 is 4.57 Å². The van der Waals surface area contributed by atoms with E-state index in [-0.39, 0.29) is 0 Å². The summed E-state index contributed by atoms with van der Waals surface area (Å²) in [5.41, 5.74) is 0.520. The Hall–Kier alpha value is -0.790. The molecule has 0 radical (unpaired) electrons. The highest BCUT2D eigenvalue weighted by Crippen LogP contribution is 2.59. The number of imidazole rings is 1. The molecular formula is C17H27N2+. The number of nitrogens with zero attached hydrogens (tertiary/aromatic N) is 1. The minimum absolute atomic E-state index is 0.520. The Morgan fingerprint density at radius 1 is 1.16 bits per heavy atom. The van der Waals surface area contributed by atoms with Gasteiger partial charge in [0.2, 0.25) is 0 Å². The number of rotatable bonds is 4. The number of aryl methyl sites for hydroxylation is 1. The van der Waals surface area contributed by atoms with Gasteiger partial charge in [-0.15, -0.1) is 0 Å². The van der Waals surface area contributed by atoms with Crippen molar-refractivity contribution in [1.82, 2.24) is 4.98 Å². The molecule has 0 saturated heterocycles. The van der Waals surface area contributed by atoms with Gasteiger partial charge >= 0.3 is 0 Å². The minimum Gasteiger partial charge on any atom is -0.247 e. The topological polar surface area (TPSA) is 19.7 Å². The molecule has 0 aromatic carbocycles. The van der Waals surface area contributed by atoms with Crippen LogP contribution in [-0.2, 0) is 12.0 Å². The van der Waals surface area contributed by atoms with E-state index in [0.29, 0.717) is 5.41 Å². The van der Waals surface area contributed by atoms with Crippen molar-refractivity contribution in [3.05, 3.63) is 18.2 Å². The number of hydrogen-bond acceptors (Lipinski definition) is 0. The summed E-state index contributed by atoms with van der Waals surface area (Å²) in [6.07, 6.45) is 16.1. The third-order valence-corrected chi connectivity index (χ3v) is 6.05. The van der Waals surface area contributed by atoms with Crippen LogP contribution in [0, 0.1) is 17.8 Å². The molecule has 5 rings (SSSR count). The van der Waals surface area contributed by atoms with Gasteiger partial charge in [0, 0.05) is 0 Å².